The second kappa shape index (κ2) is 5.09. The van der Waals surface area contributed by atoms with Crippen molar-refractivity contribution in [3.05, 3.63) is 50.2 Å². The van der Waals surface area contributed by atoms with Crippen molar-refractivity contribution in [2.45, 2.75) is 13.5 Å². The van der Waals surface area contributed by atoms with Crippen LogP contribution in [0.1, 0.15) is 9.88 Å². The number of nitro benzene ring substituents is 1. The van der Waals surface area contributed by atoms with Crippen LogP contribution in [-0.4, -0.2) is 9.91 Å². The Labute approximate surface area is 106 Å². The molecule has 1 N–H and O–H groups in total. The number of nitrogens with one attached hydrogen (secondary N) is 1. The van der Waals surface area contributed by atoms with Crippen LogP contribution < -0.4 is 5.32 Å². The van der Waals surface area contributed by atoms with E-state index in [4.69, 9.17) is 0 Å². The first-order valence-electron chi connectivity index (χ1n) is 5.15. The fraction of sp³-hybridized carbons (Fsp3) is 0.182. The van der Waals surface area contributed by atoms with Crippen molar-refractivity contribution in [2.24, 2.45) is 0 Å². The minimum atomic E-state index is -0.834. The number of hydrogen-bond donors (Lipinski definition) is 1. The van der Waals surface area contributed by atoms with Gasteiger partial charge in [0, 0.05) is 22.8 Å². The molecule has 0 aliphatic carbocycles. The zero-order chi connectivity index (χ0) is 13.1. The van der Waals surface area contributed by atoms with Crippen molar-refractivity contribution in [3.8, 4) is 0 Å². The van der Waals surface area contributed by atoms with Gasteiger partial charge in [0.2, 0.25) is 5.82 Å². The van der Waals surface area contributed by atoms with Gasteiger partial charge in [0.25, 0.3) is 0 Å². The van der Waals surface area contributed by atoms with Crippen LogP contribution in [0.2, 0.25) is 0 Å². The Morgan fingerprint density at radius 1 is 1.56 bits per heavy atom. The first-order chi connectivity index (χ1) is 8.56. The standard InChI is InChI=1S/C11H10FN3O2S/c1-7-13-5-9(18-7)6-14-8-2-3-10(12)11(4-8)15(16)17/h2-5,14H,6H2,1H3. The molecule has 7 heteroatoms. The molecular weight excluding hydrogens is 257 g/mol. The molecule has 0 aliphatic heterocycles. The molecule has 94 valence electrons. The molecule has 0 saturated heterocycles. The SMILES string of the molecule is Cc1ncc(CNc2ccc(F)c([N+](=O)[O-])c2)s1. The van der Waals surface area contributed by atoms with Gasteiger partial charge in [-0.15, -0.1) is 11.3 Å². The molecule has 0 unspecified atom stereocenters. The third-order valence-corrected chi connectivity index (χ3v) is 3.19. The summed E-state index contributed by atoms with van der Waals surface area (Å²) in [7, 11) is 0. The highest BCUT2D eigenvalue weighted by molar-refractivity contribution is 7.11. The van der Waals surface area contributed by atoms with E-state index in [-0.39, 0.29) is 0 Å². The number of nitro groups is 1. The van der Waals surface area contributed by atoms with Gasteiger partial charge < -0.3 is 5.32 Å². The molecule has 0 radical (unpaired) electrons. The quantitative estimate of drug-likeness (QED) is 0.682. The van der Waals surface area contributed by atoms with Gasteiger partial charge in [0.1, 0.15) is 0 Å². The lowest BCUT2D eigenvalue weighted by molar-refractivity contribution is -0.387. The molecule has 2 aromatic rings. The number of aromatic nitrogens is 1. The fourth-order valence-corrected chi connectivity index (χ4v) is 2.17. The Hall–Kier alpha value is -2.02. The van der Waals surface area contributed by atoms with Crippen LogP contribution in [0.5, 0.6) is 0 Å². The predicted octanol–water partition coefficient (Wildman–Crippen LogP) is 3.11. The van der Waals surface area contributed by atoms with Crippen molar-refractivity contribution in [3.63, 3.8) is 0 Å². The Balaban J connectivity index is 2.10. The highest BCUT2D eigenvalue weighted by atomic mass is 32.1. The molecule has 0 bridgehead atoms. The Morgan fingerprint density at radius 3 is 2.94 bits per heavy atom. The maximum atomic E-state index is 13.1. The summed E-state index contributed by atoms with van der Waals surface area (Å²) in [6, 6.07) is 3.73. The summed E-state index contributed by atoms with van der Waals surface area (Å²) in [5, 5.41) is 14.5. The molecule has 0 atom stereocenters. The number of nitrogens with zero attached hydrogens (tertiary/aromatic N) is 2. The van der Waals surface area contributed by atoms with Gasteiger partial charge >= 0.3 is 5.69 Å². The van der Waals surface area contributed by atoms with Crippen LogP contribution in [0.3, 0.4) is 0 Å². The predicted molar refractivity (Wildman–Crippen MR) is 67.2 cm³/mol. The summed E-state index contributed by atoms with van der Waals surface area (Å²) in [5.74, 6) is -0.834. The van der Waals surface area contributed by atoms with Gasteiger partial charge in [0.15, 0.2) is 0 Å². The van der Waals surface area contributed by atoms with Crippen LogP contribution in [0.4, 0.5) is 15.8 Å². The molecule has 0 aliphatic rings. The van der Waals surface area contributed by atoms with Gasteiger partial charge in [-0.05, 0) is 19.1 Å². The van der Waals surface area contributed by atoms with E-state index in [0.29, 0.717) is 12.2 Å². The number of aryl methyl sites for hydroxylation is 1. The first kappa shape index (κ1) is 12.4. The van der Waals surface area contributed by atoms with E-state index in [1.54, 1.807) is 6.20 Å². The molecule has 2 rings (SSSR count). The first-order valence-corrected chi connectivity index (χ1v) is 5.97. The van der Waals surface area contributed by atoms with Crippen LogP contribution in [0, 0.1) is 22.9 Å². The largest absolute Gasteiger partial charge is 0.380 e. The van der Waals surface area contributed by atoms with E-state index in [1.807, 2.05) is 6.92 Å². The molecule has 1 aromatic heterocycles. The second-order valence-corrected chi connectivity index (χ2v) is 4.94. The molecular formula is C11H10FN3O2S. The summed E-state index contributed by atoms with van der Waals surface area (Å²) in [5.41, 5.74) is -0.0189. The molecule has 18 heavy (non-hydrogen) atoms. The zero-order valence-electron chi connectivity index (χ0n) is 9.51. The molecule has 0 fully saturated rings. The van der Waals surface area contributed by atoms with Gasteiger partial charge in [0.05, 0.1) is 16.5 Å². The molecule has 1 heterocycles. The minimum Gasteiger partial charge on any atom is -0.380 e. The number of halogens is 1. The van der Waals surface area contributed by atoms with E-state index in [2.05, 4.69) is 10.3 Å². The lowest BCUT2D eigenvalue weighted by Crippen LogP contribution is -1.99. The van der Waals surface area contributed by atoms with Gasteiger partial charge in [-0.2, -0.15) is 4.39 Å². The molecule has 5 nitrogen and oxygen atoms in total. The lowest BCUT2D eigenvalue weighted by Gasteiger charge is -2.04. The topological polar surface area (TPSA) is 68.1 Å². The van der Waals surface area contributed by atoms with E-state index < -0.39 is 16.4 Å². The average molecular weight is 267 g/mol. The Morgan fingerprint density at radius 2 is 2.33 bits per heavy atom. The monoisotopic (exact) mass is 267 g/mol. The fourth-order valence-electron chi connectivity index (χ4n) is 1.44. The van der Waals surface area contributed by atoms with Crippen molar-refractivity contribution in [2.75, 3.05) is 5.32 Å². The van der Waals surface area contributed by atoms with Gasteiger partial charge in [-0.1, -0.05) is 0 Å². The van der Waals surface area contributed by atoms with Crippen molar-refractivity contribution in [1.82, 2.24) is 4.98 Å². The Bertz CT molecular complexity index is 585. The Kier molecular flexibility index (Phi) is 3.52. The van der Waals surface area contributed by atoms with Crippen molar-refractivity contribution in [1.29, 1.82) is 0 Å². The molecule has 0 spiro atoms. The van der Waals surface area contributed by atoms with E-state index in [9.17, 15) is 14.5 Å². The van der Waals surface area contributed by atoms with Crippen molar-refractivity contribution >= 4 is 22.7 Å². The van der Waals surface area contributed by atoms with Crippen LogP contribution in [0.25, 0.3) is 0 Å². The highest BCUT2D eigenvalue weighted by Gasteiger charge is 2.14. The minimum absolute atomic E-state index is 0.508. The van der Waals surface area contributed by atoms with E-state index in [1.165, 1.54) is 23.5 Å². The van der Waals surface area contributed by atoms with Crippen LogP contribution in [-0.2, 0) is 6.54 Å². The maximum Gasteiger partial charge on any atom is 0.306 e. The number of rotatable bonds is 4. The van der Waals surface area contributed by atoms with E-state index >= 15 is 0 Å². The number of anilines is 1. The van der Waals surface area contributed by atoms with E-state index in [0.717, 1.165) is 16.0 Å². The second-order valence-electron chi connectivity index (χ2n) is 3.62. The number of benzene rings is 1. The van der Waals surface area contributed by atoms with Crippen molar-refractivity contribution < 1.29 is 9.31 Å². The molecule has 0 saturated carbocycles. The summed E-state index contributed by atoms with van der Waals surface area (Å²) in [4.78, 5) is 15.0. The highest BCUT2D eigenvalue weighted by Crippen LogP contribution is 2.22. The average Bonchev–Trinajstić information content (AvgIpc) is 2.74. The number of hydrogen-bond acceptors (Lipinski definition) is 5. The summed E-state index contributed by atoms with van der Waals surface area (Å²) in [6.07, 6.45) is 1.74. The summed E-state index contributed by atoms with van der Waals surface area (Å²) < 4.78 is 13.1. The normalized spacial score (nSPS) is 10.3. The van der Waals surface area contributed by atoms with Gasteiger partial charge in [-0.3, -0.25) is 10.1 Å². The zero-order valence-corrected chi connectivity index (χ0v) is 10.3. The van der Waals surface area contributed by atoms with Crippen LogP contribution in [0.15, 0.2) is 24.4 Å². The third-order valence-electron chi connectivity index (χ3n) is 2.28. The van der Waals surface area contributed by atoms with Gasteiger partial charge in [-0.25, -0.2) is 4.98 Å². The number of thiazole rings is 1. The summed E-state index contributed by atoms with van der Waals surface area (Å²) in [6.45, 7) is 2.41. The third kappa shape index (κ3) is 2.80. The molecule has 1 aromatic carbocycles. The lowest BCUT2D eigenvalue weighted by atomic mass is 10.2. The molecule has 0 amide bonds. The summed E-state index contributed by atoms with van der Waals surface area (Å²) >= 11 is 1.54. The maximum absolute atomic E-state index is 13.1. The van der Waals surface area contributed by atoms with Crippen LogP contribution >= 0.6 is 11.3 Å². The smallest absolute Gasteiger partial charge is 0.306 e.